The van der Waals surface area contributed by atoms with E-state index in [0.717, 1.165) is 18.2 Å². The first-order valence-electron chi connectivity index (χ1n) is 5.37. The van der Waals surface area contributed by atoms with Crippen molar-refractivity contribution in [2.24, 2.45) is 5.41 Å². The monoisotopic (exact) mass is 240 g/mol. The minimum absolute atomic E-state index is 0.0216. The van der Waals surface area contributed by atoms with Crippen molar-refractivity contribution in [3.05, 3.63) is 11.1 Å². The molecule has 0 aromatic carbocycles. The molecule has 1 aliphatic heterocycles. The minimum Gasteiger partial charge on any atom is -0.481 e. The van der Waals surface area contributed by atoms with Gasteiger partial charge in [0.25, 0.3) is 0 Å². The van der Waals surface area contributed by atoms with Crippen molar-refractivity contribution in [1.82, 2.24) is 4.98 Å². The van der Waals surface area contributed by atoms with Gasteiger partial charge in [0.2, 0.25) is 0 Å². The normalized spacial score (nSPS) is 19.0. The smallest absolute Gasteiger partial charge is 0.309 e. The Balaban J connectivity index is 2.05. The number of hydrogen-bond donors (Lipinski definition) is 1. The second-order valence-electron chi connectivity index (χ2n) is 5.03. The van der Waals surface area contributed by atoms with Crippen LogP contribution in [0.15, 0.2) is 5.38 Å². The maximum atomic E-state index is 10.6. The minimum atomic E-state index is -0.821. The number of carboxylic acids is 1. The van der Waals surface area contributed by atoms with E-state index < -0.39 is 5.97 Å². The molecule has 1 fully saturated rings. The van der Waals surface area contributed by atoms with E-state index in [2.05, 4.69) is 23.7 Å². The lowest BCUT2D eigenvalue weighted by Gasteiger charge is -2.18. The first-order valence-corrected chi connectivity index (χ1v) is 6.25. The topological polar surface area (TPSA) is 53.4 Å². The molecular formula is C11H16N2O2S. The molecule has 0 saturated carbocycles. The van der Waals surface area contributed by atoms with Gasteiger partial charge in [-0.2, -0.15) is 0 Å². The number of rotatable bonds is 3. The highest BCUT2D eigenvalue weighted by atomic mass is 32.1. The van der Waals surface area contributed by atoms with Crippen LogP contribution in [0.5, 0.6) is 0 Å². The average molecular weight is 240 g/mol. The number of aliphatic carboxylic acids is 1. The van der Waals surface area contributed by atoms with Crippen LogP contribution in [0.1, 0.15) is 26.0 Å². The van der Waals surface area contributed by atoms with E-state index in [9.17, 15) is 4.79 Å². The SMILES string of the molecule is CC1(C)CCN(c2nc(CC(=O)O)cs2)C1. The van der Waals surface area contributed by atoms with E-state index in [4.69, 9.17) is 5.11 Å². The van der Waals surface area contributed by atoms with E-state index in [1.165, 1.54) is 6.42 Å². The van der Waals surface area contributed by atoms with Gasteiger partial charge in [0, 0.05) is 18.5 Å². The first kappa shape index (κ1) is 11.4. The fourth-order valence-corrected chi connectivity index (χ4v) is 2.81. The summed E-state index contributed by atoms with van der Waals surface area (Å²) in [5.74, 6) is -0.821. The highest BCUT2D eigenvalue weighted by Gasteiger charge is 2.30. The van der Waals surface area contributed by atoms with Crippen molar-refractivity contribution in [2.75, 3.05) is 18.0 Å². The molecule has 2 rings (SSSR count). The molecule has 0 radical (unpaired) electrons. The molecule has 5 heteroatoms. The molecule has 0 spiro atoms. The Morgan fingerprint density at radius 1 is 1.69 bits per heavy atom. The summed E-state index contributed by atoms with van der Waals surface area (Å²) in [4.78, 5) is 17.2. The number of carbonyl (C=O) groups is 1. The first-order chi connectivity index (χ1) is 7.46. The van der Waals surface area contributed by atoms with Crippen molar-refractivity contribution in [2.45, 2.75) is 26.7 Å². The van der Waals surface area contributed by atoms with Crippen LogP contribution in [0, 0.1) is 5.41 Å². The zero-order chi connectivity index (χ0) is 11.8. The van der Waals surface area contributed by atoms with Crippen LogP contribution in [0.3, 0.4) is 0 Å². The van der Waals surface area contributed by atoms with Crippen LogP contribution >= 0.6 is 11.3 Å². The lowest BCUT2D eigenvalue weighted by Crippen LogP contribution is -2.22. The van der Waals surface area contributed by atoms with Gasteiger partial charge in [-0.05, 0) is 11.8 Å². The van der Waals surface area contributed by atoms with Crippen molar-refractivity contribution in [3.63, 3.8) is 0 Å². The van der Waals surface area contributed by atoms with E-state index in [1.807, 2.05) is 5.38 Å². The molecule has 0 unspecified atom stereocenters. The standard InChI is InChI=1S/C11H16N2O2S/c1-11(2)3-4-13(7-11)10-12-8(6-16-10)5-9(14)15/h6H,3-5,7H2,1-2H3,(H,14,15). The van der Waals surface area contributed by atoms with Crippen LogP contribution in [0.2, 0.25) is 0 Å². The molecule has 1 aliphatic rings. The Kier molecular flexibility index (Phi) is 2.88. The van der Waals surface area contributed by atoms with Crippen LogP contribution in [0.4, 0.5) is 5.13 Å². The number of thiazole rings is 1. The van der Waals surface area contributed by atoms with E-state index in [0.29, 0.717) is 11.1 Å². The molecule has 1 saturated heterocycles. The van der Waals surface area contributed by atoms with E-state index in [1.54, 1.807) is 11.3 Å². The van der Waals surface area contributed by atoms with Crippen molar-refractivity contribution < 1.29 is 9.90 Å². The predicted octanol–water partition coefficient (Wildman–Crippen LogP) is 2.01. The largest absolute Gasteiger partial charge is 0.481 e. The quantitative estimate of drug-likeness (QED) is 0.878. The molecule has 0 atom stereocenters. The molecule has 1 N–H and O–H groups in total. The number of carboxylic acid groups (broad SMARTS) is 1. The molecule has 0 aliphatic carbocycles. The van der Waals surface area contributed by atoms with Crippen molar-refractivity contribution in [3.8, 4) is 0 Å². The van der Waals surface area contributed by atoms with Crippen molar-refractivity contribution in [1.29, 1.82) is 0 Å². The van der Waals surface area contributed by atoms with Gasteiger partial charge in [-0.3, -0.25) is 4.79 Å². The zero-order valence-electron chi connectivity index (χ0n) is 9.56. The van der Waals surface area contributed by atoms with Crippen LogP contribution < -0.4 is 4.90 Å². The molecule has 0 amide bonds. The summed E-state index contributed by atoms with van der Waals surface area (Å²) < 4.78 is 0. The second-order valence-corrected chi connectivity index (χ2v) is 5.86. The number of anilines is 1. The maximum Gasteiger partial charge on any atom is 0.309 e. The van der Waals surface area contributed by atoms with Gasteiger partial charge in [-0.1, -0.05) is 13.8 Å². The van der Waals surface area contributed by atoms with Gasteiger partial charge in [0.05, 0.1) is 12.1 Å². The Bertz CT molecular complexity index is 400. The van der Waals surface area contributed by atoms with Gasteiger partial charge in [0.15, 0.2) is 5.13 Å². The van der Waals surface area contributed by atoms with Gasteiger partial charge in [0.1, 0.15) is 0 Å². The Labute approximate surface area is 98.9 Å². The Morgan fingerprint density at radius 3 is 3.00 bits per heavy atom. The van der Waals surface area contributed by atoms with E-state index >= 15 is 0 Å². The maximum absolute atomic E-state index is 10.6. The summed E-state index contributed by atoms with van der Waals surface area (Å²) in [6.45, 7) is 6.53. The number of nitrogens with zero attached hydrogens (tertiary/aromatic N) is 2. The van der Waals surface area contributed by atoms with E-state index in [-0.39, 0.29) is 6.42 Å². The summed E-state index contributed by atoms with van der Waals surface area (Å²) in [5.41, 5.74) is 1.01. The molecule has 1 aromatic heterocycles. The summed E-state index contributed by atoms with van der Waals surface area (Å²) in [5, 5.41) is 11.5. The summed E-state index contributed by atoms with van der Waals surface area (Å²) in [6.07, 6.45) is 1.19. The highest BCUT2D eigenvalue weighted by molar-refractivity contribution is 7.13. The third kappa shape index (κ3) is 2.52. The molecule has 4 nitrogen and oxygen atoms in total. The fourth-order valence-electron chi connectivity index (χ4n) is 1.95. The van der Waals surface area contributed by atoms with Crippen molar-refractivity contribution >= 4 is 22.4 Å². The molecule has 88 valence electrons. The molecular weight excluding hydrogens is 224 g/mol. The summed E-state index contributed by atoms with van der Waals surface area (Å²) >= 11 is 1.54. The molecule has 16 heavy (non-hydrogen) atoms. The Hall–Kier alpha value is -1.10. The van der Waals surface area contributed by atoms with Gasteiger partial charge in [-0.25, -0.2) is 4.98 Å². The zero-order valence-corrected chi connectivity index (χ0v) is 10.4. The third-order valence-electron chi connectivity index (χ3n) is 2.82. The summed E-state index contributed by atoms with van der Waals surface area (Å²) in [7, 11) is 0. The third-order valence-corrected chi connectivity index (χ3v) is 3.77. The average Bonchev–Trinajstić information content (AvgIpc) is 2.71. The Morgan fingerprint density at radius 2 is 2.44 bits per heavy atom. The van der Waals surface area contributed by atoms with Gasteiger partial charge in [-0.15, -0.1) is 11.3 Å². The molecule has 1 aromatic rings. The van der Waals surface area contributed by atoms with Crippen LogP contribution in [-0.2, 0) is 11.2 Å². The summed E-state index contributed by atoms with van der Waals surface area (Å²) in [6, 6.07) is 0. The lowest BCUT2D eigenvalue weighted by atomic mass is 9.93. The second kappa shape index (κ2) is 4.05. The van der Waals surface area contributed by atoms with Gasteiger partial charge >= 0.3 is 5.97 Å². The fraction of sp³-hybridized carbons (Fsp3) is 0.636. The highest BCUT2D eigenvalue weighted by Crippen LogP contribution is 2.33. The molecule has 2 heterocycles. The number of aromatic nitrogens is 1. The number of hydrogen-bond acceptors (Lipinski definition) is 4. The predicted molar refractivity (Wildman–Crippen MR) is 64.1 cm³/mol. The van der Waals surface area contributed by atoms with Crippen LogP contribution in [-0.4, -0.2) is 29.1 Å². The lowest BCUT2D eigenvalue weighted by molar-refractivity contribution is -0.136. The van der Waals surface area contributed by atoms with Gasteiger partial charge < -0.3 is 10.0 Å². The molecule has 0 bridgehead atoms. The van der Waals surface area contributed by atoms with Crippen LogP contribution in [0.25, 0.3) is 0 Å².